The largest absolute Gasteiger partial charge is 0.340 e. The first-order valence-electron chi connectivity index (χ1n) is 7.88. The molecule has 134 valence electrons. The number of benzene rings is 1. The van der Waals surface area contributed by atoms with Crippen molar-refractivity contribution in [3.63, 3.8) is 0 Å². The number of hydrogen-bond acceptors (Lipinski definition) is 6. The van der Waals surface area contributed by atoms with Gasteiger partial charge < -0.3 is 4.52 Å². The summed E-state index contributed by atoms with van der Waals surface area (Å²) in [5.41, 5.74) is 0.791. The first kappa shape index (κ1) is 18.1. The number of hydrogen-bond donors (Lipinski definition) is 0. The molecule has 1 aliphatic heterocycles. The van der Waals surface area contributed by atoms with Crippen molar-refractivity contribution in [2.45, 2.75) is 13.5 Å². The summed E-state index contributed by atoms with van der Waals surface area (Å²) in [6, 6.07) is 7.01. The van der Waals surface area contributed by atoms with Crippen molar-refractivity contribution in [2.75, 3.05) is 26.2 Å². The molecule has 0 saturated carbocycles. The molecule has 9 heteroatoms. The molecule has 1 aromatic carbocycles. The molecule has 2 aromatic rings. The van der Waals surface area contributed by atoms with Gasteiger partial charge in [-0.1, -0.05) is 28.9 Å². The SMILES string of the molecule is Cc1nc(CN2CCN(S(=O)(=O)/C=C/c3ccc(Cl)cc3)CC2)no1. The standard InChI is InChI=1S/C16H19ClN4O3S/c1-13-18-16(19-24-13)12-20-7-9-21(10-8-20)25(22,23)11-6-14-2-4-15(17)5-3-14/h2-6,11H,7-10,12H2,1H3/b11-6+. The summed E-state index contributed by atoms with van der Waals surface area (Å²) in [6.45, 7) is 4.43. The third-order valence-corrected chi connectivity index (χ3v) is 5.75. The van der Waals surface area contributed by atoms with Crippen molar-refractivity contribution in [1.29, 1.82) is 0 Å². The second-order valence-corrected chi connectivity index (χ2v) is 8.06. The number of sulfonamides is 1. The van der Waals surface area contributed by atoms with E-state index in [9.17, 15) is 8.42 Å². The fourth-order valence-corrected chi connectivity index (χ4v) is 3.87. The van der Waals surface area contributed by atoms with Crippen LogP contribution >= 0.6 is 11.6 Å². The van der Waals surface area contributed by atoms with Crippen LogP contribution in [0.15, 0.2) is 34.2 Å². The Bertz CT molecular complexity index is 841. The van der Waals surface area contributed by atoms with Crippen molar-refractivity contribution in [1.82, 2.24) is 19.3 Å². The molecule has 1 saturated heterocycles. The van der Waals surface area contributed by atoms with Crippen molar-refractivity contribution in [3.05, 3.63) is 52.0 Å². The molecule has 0 atom stereocenters. The summed E-state index contributed by atoms with van der Waals surface area (Å²) in [6.07, 6.45) is 1.58. The molecular weight excluding hydrogens is 364 g/mol. The molecule has 2 heterocycles. The topological polar surface area (TPSA) is 79.5 Å². The average Bonchev–Trinajstić information content (AvgIpc) is 3.00. The molecule has 0 unspecified atom stereocenters. The predicted molar refractivity (Wildman–Crippen MR) is 95.3 cm³/mol. The van der Waals surface area contributed by atoms with E-state index in [1.54, 1.807) is 37.3 Å². The minimum atomic E-state index is -3.44. The Kier molecular flexibility index (Phi) is 5.53. The van der Waals surface area contributed by atoms with Gasteiger partial charge in [-0.2, -0.15) is 9.29 Å². The van der Waals surface area contributed by atoms with Gasteiger partial charge in [0, 0.05) is 43.5 Å². The van der Waals surface area contributed by atoms with E-state index in [1.165, 1.54) is 9.71 Å². The maximum absolute atomic E-state index is 12.4. The normalized spacial score (nSPS) is 17.4. The molecule has 0 bridgehead atoms. The second kappa shape index (κ2) is 7.65. The van der Waals surface area contributed by atoms with Crippen LogP contribution in [0.2, 0.25) is 5.02 Å². The Morgan fingerprint density at radius 2 is 1.88 bits per heavy atom. The lowest BCUT2D eigenvalue weighted by Crippen LogP contribution is -2.47. The van der Waals surface area contributed by atoms with Crippen LogP contribution in [0.3, 0.4) is 0 Å². The van der Waals surface area contributed by atoms with Gasteiger partial charge in [0.15, 0.2) is 5.82 Å². The number of piperazine rings is 1. The highest BCUT2D eigenvalue weighted by atomic mass is 35.5. The minimum absolute atomic E-state index is 0.435. The first-order valence-corrected chi connectivity index (χ1v) is 9.76. The highest BCUT2D eigenvalue weighted by Gasteiger charge is 2.25. The molecule has 0 radical (unpaired) electrons. The average molecular weight is 383 g/mol. The number of aromatic nitrogens is 2. The van der Waals surface area contributed by atoms with Gasteiger partial charge in [0.05, 0.1) is 6.54 Å². The lowest BCUT2D eigenvalue weighted by Gasteiger charge is -2.32. The summed E-state index contributed by atoms with van der Waals surface area (Å²) >= 11 is 5.83. The maximum atomic E-state index is 12.4. The zero-order valence-corrected chi connectivity index (χ0v) is 15.4. The summed E-state index contributed by atoms with van der Waals surface area (Å²) in [5, 5.41) is 5.73. The summed E-state index contributed by atoms with van der Waals surface area (Å²) in [4.78, 5) is 6.28. The highest BCUT2D eigenvalue weighted by Crippen LogP contribution is 2.14. The van der Waals surface area contributed by atoms with E-state index in [0.29, 0.717) is 49.5 Å². The van der Waals surface area contributed by atoms with Crippen molar-refractivity contribution in [3.8, 4) is 0 Å². The van der Waals surface area contributed by atoms with Crippen molar-refractivity contribution < 1.29 is 12.9 Å². The van der Waals surface area contributed by atoms with Crippen LogP contribution in [0.25, 0.3) is 6.08 Å². The van der Waals surface area contributed by atoms with Crippen molar-refractivity contribution in [2.24, 2.45) is 0 Å². The van der Waals surface area contributed by atoms with Crippen LogP contribution in [-0.2, 0) is 16.6 Å². The monoisotopic (exact) mass is 382 g/mol. The summed E-state index contributed by atoms with van der Waals surface area (Å²) in [5.74, 6) is 1.15. The molecule has 1 fully saturated rings. The Morgan fingerprint density at radius 1 is 1.20 bits per heavy atom. The molecule has 1 aromatic heterocycles. The van der Waals surface area contributed by atoms with Crippen LogP contribution in [0.1, 0.15) is 17.3 Å². The Balaban J connectivity index is 1.56. The molecule has 0 spiro atoms. The van der Waals surface area contributed by atoms with Crippen LogP contribution in [0.5, 0.6) is 0 Å². The minimum Gasteiger partial charge on any atom is -0.340 e. The predicted octanol–water partition coefficient (Wildman–Crippen LogP) is 2.15. The fourth-order valence-electron chi connectivity index (χ4n) is 2.57. The maximum Gasteiger partial charge on any atom is 0.236 e. The van der Waals surface area contributed by atoms with Gasteiger partial charge >= 0.3 is 0 Å². The number of rotatable bonds is 5. The van der Waals surface area contributed by atoms with Gasteiger partial charge in [0.1, 0.15) is 0 Å². The van der Waals surface area contributed by atoms with Crippen molar-refractivity contribution >= 4 is 27.7 Å². The van der Waals surface area contributed by atoms with E-state index in [0.717, 1.165) is 5.56 Å². The van der Waals surface area contributed by atoms with Gasteiger partial charge in [0.2, 0.25) is 15.9 Å². The molecule has 0 N–H and O–H groups in total. The number of nitrogens with zero attached hydrogens (tertiary/aromatic N) is 4. The third-order valence-electron chi connectivity index (χ3n) is 3.93. The third kappa shape index (κ3) is 4.88. The van der Waals surface area contributed by atoms with E-state index in [1.807, 2.05) is 0 Å². The molecule has 0 amide bonds. The Morgan fingerprint density at radius 3 is 2.48 bits per heavy atom. The number of halogens is 1. The molecule has 0 aliphatic carbocycles. The first-order chi connectivity index (χ1) is 11.9. The quantitative estimate of drug-likeness (QED) is 0.788. The lowest BCUT2D eigenvalue weighted by atomic mass is 10.2. The van der Waals surface area contributed by atoms with Gasteiger partial charge in [0.25, 0.3) is 0 Å². The van der Waals surface area contributed by atoms with Crippen LogP contribution in [0, 0.1) is 6.92 Å². The van der Waals surface area contributed by atoms with Gasteiger partial charge in [-0.15, -0.1) is 0 Å². The van der Waals surface area contributed by atoms with Crippen LogP contribution in [0.4, 0.5) is 0 Å². The smallest absolute Gasteiger partial charge is 0.236 e. The van der Waals surface area contributed by atoms with E-state index >= 15 is 0 Å². The van der Waals surface area contributed by atoms with E-state index in [-0.39, 0.29) is 0 Å². The van der Waals surface area contributed by atoms with E-state index in [2.05, 4.69) is 15.0 Å². The van der Waals surface area contributed by atoms with Gasteiger partial charge in [-0.25, -0.2) is 8.42 Å². The second-order valence-electron chi connectivity index (χ2n) is 5.80. The van der Waals surface area contributed by atoms with E-state index < -0.39 is 10.0 Å². The molecule has 1 aliphatic rings. The molecule has 3 rings (SSSR count). The highest BCUT2D eigenvalue weighted by molar-refractivity contribution is 7.92. The summed E-state index contributed by atoms with van der Waals surface area (Å²) in [7, 11) is -3.44. The van der Waals surface area contributed by atoms with E-state index in [4.69, 9.17) is 16.1 Å². The zero-order chi connectivity index (χ0) is 17.9. The Labute approximate surface area is 151 Å². The molecule has 7 nitrogen and oxygen atoms in total. The summed E-state index contributed by atoms with van der Waals surface area (Å²) < 4.78 is 31.3. The van der Waals surface area contributed by atoms with Gasteiger partial charge in [-0.3, -0.25) is 4.90 Å². The molecule has 25 heavy (non-hydrogen) atoms. The lowest BCUT2D eigenvalue weighted by molar-refractivity contribution is 0.177. The Hall–Kier alpha value is -1.74. The number of aryl methyl sites for hydroxylation is 1. The fraction of sp³-hybridized carbons (Fsp3) is 0.375. The van der Waals surface area contributed by atoms with Crippen LogP contribution < -0.4 is 0 Å². The zero-order valence-electron chi connectivity index (χ0n) is 13.8. The molecular formula is C16H19ClN4O3S. The van der Waals surface area contributed by atoms with Crippen LogP contribution in [-0.4, -0.2) is 53.9 Å². The van der Waals surface area contributed by atoms with Gasteiger partial charge in [-0.05, 0) is 23.8 Å².